The zero-order chi connectivity index (χ0) is 16.8. The lowest BCUT2D eigenvalue weighted by Crippen LogP contribution is -2.41. The van der Waals surface area contributed by atoms with Crippen LogP contribution in [0, 0.1) is 5.92 Å². The van der Waals surface area contributed by atoms with Crippen LogP contribution in [-0.4, -0.2) is 52.0 Å². The number of amides is 2. The fourth-order valence-electron chi connectivity index (χ4n) is 3.42. The Kier molecular flexibility index (Phi) is 5.80. The molecule has 0 saturated carbocycles. The number of nitrogens with zero attached hydrogens (tertiary/aromatic N) is 1. The van der Waals surface area contributed by atoms with Gasteiger partial charge in [-0.3, -0.25) is 0 Å². The van der Waals surface area contributed by atoms with Crippen LogP contribution in [0.5, 0.6) is 5.75 Å². The first-order valence-electron chi connectivity index (χ1n) is 8.77. The average molecular weight is 333 g/mol. The van der Waals surface area contributed by atoms with E-state index < -0.39 is 0 Å². The predicted molar refractivity (Wildman–Crippen MR) is 93.7 cm³/mol. The Morgan fingerprint density at radius 3 is 2.92 bits per heavy atom. The highest BCUT2D eigenvalue weighted by molar-refractivity contribution is 5.73. The van der Waals surface area contributed by atoms with E-state index in [1.54, 1.807) is 7.11 Å². The van der Waals surface area contributed by atoms with Crippen molar-refractivity contribution in [1.82, 2.24) is 10.6 Å². The van der Waals surface area contributed by atoms with Crippen LogP contribution in [0.4, 0.5) is 10.5 Å². The SMILES string of the molecule is COc1ccccc1N1CCC(CNC(=O)NCC2CCCO2)C1. The third-order valence-electron chi connectivity index (χ3n) is 4.78. The summed E-state index contributed by atoms with van der Waals surface area (Å²) in [6, 6.07) is 7.99. The molecule has 2 aliphatic rings. The van der Waals surface area contributed by atoms with E-state index in [4.69, 9.17) is 9.47 Å². The fourth-order valence-corrected chi connectivity index (χ4v) is 3.42. The van der Waals surface area contributed by atoms with Crippen LogP contribution < -0.4 is 20.3 Å². The largest absolute Gasteiger partial charge is 0.495 e. The van der Waals surface area contributed by atoms with E-state index in [2.05, 4.69) is 21.6 Å². The van der Waals surface area contributed by atoms with Crippen molar-refractivity contribution in [3.8, 4) is 5.75 Å². The minimum Gasteiger partial charge on any atom is -0.495 e. The summed E-state index contributed by atoms with van der Waals surface area (Å²) in [6.07, 6.45) is 3.39. The van der Waals surface area contributed by atoms with Gasteiger partial charge in [-0.05, 0) is 37.3 Å². The lowest BCUT2D eigenvalue weighted by atomic mass is 10.1. The van der Waals surface area contributed by atoms with E-state index in [9.17, 15) is 4.79 Å². The van der Waals surface area contributed by atoms with Gasteiger partial charge < -0.3 is 25.0 Å². The molecule has 2 aliphatic heterocycles. The summed E-state index contributed by atoms with van der Waals surface area (Å²) in [5, 5.41) is 5.89. The number of anilines is 1. The van der Waals surface area contributed by atoms with Crippen LogP contribution in [0.15, 0.2) is 24.3 Å². The van der Waals surface area contributed by atoms with Gasteiger partial charge in [0.25, 0.3) is 0 Å². The highest BCUT2D eigenvalue weighted by atomic mass is 16.5. The van der Waals surface area contributed by atoms with Crippen LogP contribution in [0.2, 0.25) is 0 Å². The molecule has 2 unspecified atom stereocenters. The van der Waals surface area contributed by atoms with E-state index >= 15 is 0 Å². The number of benzene rings is 1. The second kappa shape index (κ2) is 8.24. The van der Waals surface area contributed by atoms with Gasteiger partial charge in [-0.25, -0.2) is 4.79 Å². The van der Waals surface area contributed by atoms with Crippen molar-refractivity contribution in [3.63, 3.8) is 0 Å². The number of hydrogen-bond donors (Lipinski definition) is 2. The molecule has 0 spiro atoms. The lowest BCUT2D eigenvalue weighted by Gasteiger charge is -2.21. The number of methoxy groups -OCH3 is 1. The molecule has 132 valence electrons. The van der Waals surface area contributed by atoms with Crippen LogP contribution in [0.1, 0.15) is 19.3 Å². The highest BCUT2D eigenvalue weighted by Gasteiger charge is 2.25. The smallest absolute Gasteiger partial charge is 0.314 e. The molecule has 3 rings (SSSR count). The van der Waals surface area contributed by atoms with Gasteiger partial charge in [0.1, 0.15) is 5.75 Å². The summed E-state index contributed by atoms with van der Waals surface area (Å²) in [4.78, 5) is 14.2. The average Bonchev–Trinajstić information content (AvgIpc) is 3.29. The standard InChI is InChI=1S/C18H27N3O3/c1-23-17-7-3-2-6-16(17)21-9-8-14(13-21)11-19-18(22)20-12-15-5-4-10-24-15/h2-3,6-7,14-15H,4-5,8-13H2,1H3,(H2,19,20,22). The van der Waals surface area contributed by atoms with Gasteiger partial charge in [0, 0.05) is 32.8 Å². The Morgan fingerprint density at radius 2 is 2.12 bits per heavy atom. The summed E-state index contributed by atoms with van der Waals surface area (Å²) in [6.45, 7) is 4.04. The van der Waals surface area contributed by atoms with Gasteiger partial charge in [0.15, 0.2) is 0 Å². The van der Waals surface area contributed by atoms with Crippen molar-refractivity contribution in [2.75, 3.05) is 44.8 Å². The van der Waals surface area contributed by atoms with Crippen molar-refractivity contribution >= 4 is 11.7 Å². The Morgan fingerprint density at radius 1 is 1.29 bits per heavy atom. The lowest BCUT2D eigenvalue weighted by molar-refractivity contribution is 0.111. The molecule has 6 nitrogen and oxygen atoms in total. The van der Waals surface area contributed by atoms with Gasteiger partial charge in [-0.1, -0.05) is 12.1 Å². The number of hydrogen-bond acceptors (Lipinski definition) is 4. The molecule has 2 fully saturated rings. The quantitative estimate of drug-likeness (QED) is 0.836. The Bertz CT molecular complexity index is 546. The minimum absolute atomic E-state index is 0.0961. The first-order valence-corrected chi connectivity index (χ1v) is 8.77. The van der Waals surface area contributed by atoms with Crippen molar-refractivity contribution in [2.24, 2.45) is 5.92 Å². The van der Waals surface area contributed by atoms with Gasteiger partial charge in [-0.2, -0.15) is 0 Å². The summed E-state index contributed by atoms with van der Waals surface area (Å²) >= 11 is 0. The molecular formula is C18H27N3O3. The molecule has 2 atom stereocenters. The van der Waals surface area contributed by atoms with Crippen LogP contribution >= 0.6 is 0 Å². The van der Waals surface area contributed by atoms with Crippen molar-refractivity contribution in [1.29, 1.82) is 0 Å². The number of para-hydroxylation sites is 2. The molecule has 2 amide bonds. The van der Waals surface area contributed by atoms with Crippen LogP contribution in [0.3, 0.4) is 0 Å². The van der Waals surface area contributed by atoms with Crippen molar-refractivity contribution in [3.05, 3.63) is 24.3 Å². The summed E-state index contributed by atoms with van der Waals surface area (Å²) in [5.41, 5.74) is 1.13. The molecule has 2 heterocycles. The van der Waals surface area contributed by atoms with Gasteiger partial charge in [-0.15, -0.1) is 0 Å². The van der Waals surface area contributed by atoms with Crippen molar-refractivity contribution in [2.45, 2.75) is 25.4 Å². The normalized spacial score (nSPS) is 23.3. The predicted octanol–water partition coefficient (Wildman–Crippen LogP) is 2.00. The first kappa shape index (κ1) is 16.9. The number of ether oxygens (including phenoxy) is 2. The second-order valence-corrected chi connectivity index (χ2v) is 6.50. The van der Waals surface area contributed by atoms with Crippen molar-refractivity contribution < 1.29 is 14.3 Å². The monoisotopic (exact) mass is 333 g/mol. The maximum atomic E-state index is 11.9. The van der Waals surface area contributed by atoms with E-state index in [0.717, 1.165) is 50.4 Å². The summed E-state index contributed by atoms with van der Waals surface area (Å²) in [5.74, 6) is 1.36. The number of rotatable bonds is 6. The summed E-state index contributed by atoms with van der Waals surface area (Å²) in [7, 11) is 1.70. The number of nitrogens with one attached hydrogen (secondary N) is 2. The third kappa shape index (κ3) is 4.32. The molecule has 24 heavy (non-hydrogen) atoms. The third-order valence-corrected chi connectivity index (χ3v) is 4.78. The zero-order valence-corrected chi connectivity index (χ0v) is 14.3. The Hall–Kier alpha value is -1.95. The number of urea groups is 1. The number of carbonyl (C=O) groups excluding carboxylic acids is 1. The molecule has 0 aliphatic carbocycles. The maximum Gasteiger partial charge on any atom is 0.314 e. The molecule has 0 radical (unpaired) electrons. The van der Waals surface area contributed by atoms with E-state index in [1.807, 2.05) is 18.2 Å². The number of carbonyl (C=O) groups is 1. The van der Waals surface area contributed by atoms with E-state index in [-0.39, 0.29) is 12.1 Å². The molecule has 1 aromatic rings. The Balaban J connectivity index is 1.40. The summed E-state index contributed by atoms with van der Waals surface area (Å²) < 4.78 is 10.9. The fraction of sp³-hybridized carbons (Fsp3) is 0.611. The molecule has 0 bridgehead atoms. The van der Waals surface area contributed by atoms with Crippen LogP contribution in [0.25, 0.3) is 0 Å². The second-order valence-electron chi connectivity index (χ2n) is 6.50. The Labute approximate surface area is 143 Å². The minimum atomic E-state index is -0.0961. The van der Waals surface area contributed by atoms with Crippen LogP contribution in [-0.2, 0) is 4.74 Å². The maximum absolute atomic E-state index is 11.9. The van der Waals surface area contributed by atoms with E-state index in [1.165, 1.54) is 0 Å². The highest BCUT2D eigenvalue weighted by Crippen LogP contribution is 2.31. The van der Waals surface area contributed by atoms with Gasteiger partial charge >= 0.3 is 6.03 Å². The molecule has 6 heteroatoms. The first-order chi connectivity index (χ1) is 11.8. The molecule has 0 aromatic heterocycles. The molecule has 2 saturated heterocycles. The van der Waals surface area contributed by atoms with Gasteiger partial charge in [0.05, 0.1) is 18.9 Å². The molecule has 1 aromatic carbocycles. The molecule has 2 N–H and O–H groups in total. The van der Waals surface area contributed by atoms with Gasteiger partial charge in [0.2, 0.25) is 0 Å². The zero-order valence-electron chi connectivity index (χ0n) is 14.3. The molecular weight excluding hydrogens is 306 g/mol. The topological polar surface area (TPSA) is 62.8 Å². The van der Waals surface area contributed by atoms with E-state index in [0.29, 0.717) is 19.0 Å².